The molecule has 8 heteroatoms. The summed E-state index contributed by atoms with van der Waals surface area (Å²) >= 11 is 0. The Morgan fingerprint density at radius 1 is 0.962 bits per heavy atom. The van der Waals surface area contributed by atoms with Crippen molar-refractivity contribution >= 4 is 23.5 Å². The first kappa shape index (κ1) is 19.2. The first-order valence-corrected chi connectivity index (χ1v) is 8.03. The molecule has 0 radical (unpaired) electrons. The van der Waals surface area contributed by atoms with E-state index >= 15 is 0 Å². The van der Waals surface area contributed by atoms with Gasteiger partial charge in [-0.1, -0.05) is 24.3 Å². The third kappa shape index (κ3) is 3.75. The minimum atomic E-state index is -0.702. The fourth-order valence-electron chi connectivity index (χ4n) is 2.65. The van der Waals surface area contributed by atoms with Crippen LogP contribution >= 0.6 is 0 Å². The molecular formula is C18H19N2O6-. The average Bonchev–Trinajstić information content (AvgIpc) is 2.74. The molecule has 0 bridgehead atoms. The van der Waals surface area contributed by atoms with Crippen molar-refractivity contribution in [2.75, 3.05) is 18.9 Å². The second-order valence-corrected chi connectivity index (χ2v) is 5.38. The van der Waals surface area contributed by atoms with Crippen molar-refractivity contribution in [1.82, 2.24) is 5.48 Å². The Kier molecular flexibility index (Phi) is 6.13. The monoisotopic (exact) mass is 359 g/mol. The van der Waals surface area contributed by atoms with Gasteiger partial charge in [-0.25, -0.2) is 9.59 Å². The van der Waals surface area contributed by atoms with Crippen LogP contribution in [0.5, 0.6) is 0 Å². The minimum absolute atomic E-state index is 0.0121. The molecule has 138 valence electrons. The number of rotatable bonds is 6. The van der Waals surface area contributed by atoms with Crippen LogP contribution in [0.1, 0.15) is 40.1 Å². The molecular weight excluding hydrogens is 340 g/mol. The van der Waals surface area contributed by atoms with Gasteiger partial charge in [0, 0.05) is 0 Å². The number of hydroxylamine groups is 1. The lowest BCUT2D eigenvalue weighted by molar-refractivity contribution is -0.119. The fraction of sp³-hybridized carbons (Fsp3) is 0.278. The fourth-order valence-corrected chi connectivity index (χ4v) is 2.65. The molecule has 0 unspecified atom stereocenters. The number of carbonyl (C=O) groups is 3. The summed E-state index contributed by atoms with van der Waals surface area (Å²) in [6, 6.07) is 6.28. The second kappa shape index (κ2) is 8.30. The van der Waals surface area contributed by atoms with Crippen molar-refractivity contribution in [2.45, 2.75) is 20.3 Å². The van der Waals surface area contributed by atoms with Gasteiger partial charge in [0.15, 0.2) is 0 Å². The molecule has 0 aromatic rings. The molecule has 0 fully saturated rings. The van der Waals surface area contributed by atoms with E-state index in [-0.39, 0.29) is 36.4 Å². The van der Waals surface area contributed by atoms with Crippen LogP contribution in [0.2, 0.25) is 0 Å². The lowest BCUT2D eigenvalue weighted by Crippen LogP contribution is -2.17. The third-order valence-electron chi connectivity index (χ3n) is 3.73. The van der Waals surface area contributed by atoms with Gasteiger partial charge in [0.1, 0.15) is 0 Å². The molecule has 3 N–H and O–H groups in total. The summed E-state index contributed by atoms with van der Waals surface area (Å²) in [5.41, 5.74) is 8.81. The van der Waals surface area contributed by atoms with Gasteiger partial charge in [0.2, 0.25) is 5.91 Å². The quantitative estimate of drug-likeness (QED) is 0.594. The van der Waals surface area contributed by atoms with E-state index in [0.29, 0.717) is 16.7 Å². The molecule has 0 heterocycles. The van der Waals surface area contributed by atoms with Gasteiger partial charge in [-0.2, -0.15) is 0 Å². The summed E-state index contributed by atoms with van der Waals surface area (Å²) in [6.45, 7) is 3.61. The van der Waals surface area contributed by atoms with Crippen LogP contribution < -0.4 is 11.2 Å². The van der Waals surface area contributed by atoms with E-state index in [9.17, 15) is 19.6 Å². The maximum atomic E-state index is 12.3. The number of ether oxygens (including phenoxy) is 2. The number of hydrogen-bond donors (Lipinski definition) is 2. The van der Waals surface area contributed by atoms with Crippen molar-refractivity contribution in [3.05, 3.63) is 46.2 Å². The summed E-state index contributed by atoms with van der Waals surface area (Å²) in [7, 11) is 0. The molecule has 0 saturated heterocycles. The Hall–Kier alpha value is -3.13. The van der Waals surface area contributed by atoms with E-state index in [1.54, 1.807) is 38.1 Å². The summed E-state index contributed by atoms with van der Waals surface area (Å²) in [5.74, 6) is -2.02. The number of nitrogens with one attached hydrogen (secondary N) is 1. The number of amides is 1. The van der Waals surface area contributed by atoms with Gasteiger partial charge in [0.05, 0.1) is 36.4 Å². The van der Waals surface area contributed by atoms with Crippen LogP contribution in [0.25, 0.3) is 11.1 Å². The van der Waals surface area contributed by atoms with Crippen LogP contribution in [0.15, 0.2) is 24.3 Å². The predicted octanol–water partition coefficient (Wildman–Crippen LogP) is 1.88. The van der Waals surface area contributed by atoms with Crippen LogP contribution in [0.3, 0.4) is 0 Å². The number of fused-ring (bicyclic) bond motifs is 1. The molecule has 2 aliphatic carbocycles. The largest absolute Gasteiger partial charge is 0.759 e. The highest BCUT2D eigenvalue weighted by molar-refractivity contribution is 6.15. The molecule has 2 aliphatic rings. The Morgan fingerprint density at radius 3 is 1.81 bits per heavy atom. The normalized spacial score (nSPS) is 10.4. The molecule has 26 heavy (non-hydrogen) atoms. The summed E-state index contributed by atoms with van der Waals surface area (Å²) < 4.78 is 10.1. The molecule has 2 rings (SSSR count). The molecule has 0 spiro atoms. The smallest absolute Gasteiger partial charge is 0.340 e. The van der Waals surface area contributed by atoms with E-state index in [1.807, 2.05) is 0 Å². The zero-order valence-electron chi connectivity index (χ0n) is 14.5. The summed E-state index contributed by atoms with van der Waals surface area (Å²) in [4.78, 5) is 35.9. The Morgan fingerprint density at radius 2 is 1.42 bits per heavy atom. The van der Waals surface area contributed by atoms with Crippen molar-refractivity contribution in [1.29, 1.82) is 0 Å². The van der Waals surface area contributed by atoms with Crippen molar-refractivity contribution < 1.29 is 23.9 Å². The number of carbonyl (C=O) groups excluding carboxylic acids is 3. The van der Waals surface area contributed by atoms with Crippen molar-refractivity contribution in [3.63, 3.8) is 0 Å². The predicted molar refractivity (Wildman–Crippen MR) is 94.6 cm³/mol. The first-order chi connectivity index (χ1) is 12.4. The number of nitrogens with two attached hydrogens (primary N) is 1. The Balaban J connectivity index is 2.66. The van der Waals surface area contributed by atoms with Crippen LogP contribution in [0, 0.1) is 5.21 Å². The zero-order valence-corrected chi connectivity index (χ0v) is 14.5. The van der Waals surface area contributed by atoms with E-state index in [0.717, 1.165) is 0 Å². The Labute approximate surface area is 150 Å². The highest BCUT2D eigenvalue weighted by atomic mass is 16.5. The molecule has 0 saturated carbocycles. The standard InChI is InChI=1S/C18H19N2O6/c1-3-25-17(22)14-11-7-5-10(9-13(21)20-24)6-8-12(11)15(16(14)19)18(23)26-4-2/h5-8H,3-4,9H2,1-2H3,(H3-,19,20,21,22,23,24)/q-1. The highest BCUT2D eigenvalue weighted by Crippen LogP contribution is 2.39. The topological polar surface area (TPSA) is 131 Å². The highest BCUT2D eigenvalue weighted by Gasteiger charge is 2.30. The Bertz CT molecular complexity index is 762. The van der Waals surface area contributed by atoms with Gasteiger partial charge in [0.25, 0.3) is 0 Å². The zero-order chi connectivity index (χ0) is 19.3. The number of nitrogen functional groups attached to an aromatic ring is 1. The first-order valence-electron chi connectivity index (χ1n) is 8.03. The number of anilines is 1. The van der Waals surface area contributed by atoms with E-state index in [2.05, 4.69) is 0 Å². The van der Waals surface area contributed by atoms with Gasteiger partial charge in [-0.15, -0.1) is 0 Å². The molecule has 0 aromatic heterocycles. The maximum absolute atomic E-state index is 12.3. The average molecular weight is 359 g/mol. The molecule has 0 aliphatic heterocycles. The molecule has 0 atom stereocenters. The lowest BCUT2D eigenvalue weighted by atomic mass is 10.1. The second-order valence-electron chi connectivity index (χ2n) is 5.38. The van der Waals surface area contributed by atoms with Gasteiger partial charge < -0.3 is 25.9 Å². The third-order valence-corrected chi connectivity index (χ3v) is 3.73. The van der Waals surface area contributed by atoms with Crippen LogP contribution in [-0.4, -0.2) is 31.1 Å². The van der Waals surface area contributed by atoms with Crippen molar-refractivity contribution in [2.24, 2.45) is 0 Å². The van der Waals surface area contributed by atoms with Crippen LogP contribution in [0.4, 0.5) is 5.69 Å². The molecule has 0 aromatic carbocycles. The maximum Gasteiger partial charge on any atom is 0.340 e. The van der Waals surface area contributed by atoms with Crippen molar-refractivity contribution in [3.8, 4) is 11.1 Å². The number of hydrogen-bond acceptors (Lipinski definition) is 7. The minimum Gasteiger partial charge on any atom is -0.759 e. The van der Waals surface area contributed by atoms with Crippen LogP contribution in [-0.2, 0) is 20.7 Å². The molecule has 1 amide bonds. The summed E-state index contributed by atoms with van der Waals surface area (Å²) in [5, 5.41) is 10.4. The lowest BCUT2D eigenvalue weighted by Gasteiger charge is -2.05. The van der Waals surface area contributed by atoms with Gasteiger partial charge in [-0.3, -0.25) is 4.79 Å². The SMILES string of the molecule is CCOC(=O)c1c2ccc(CC(=O)N[O-])ccc-2c(C(=O)OCC)c1N. The van der Waals surface area contributed by atoms with Gasteiger partial charge >= 0.3 is 11.9 Å². The molecule has 8 nitrogen and oxygen atoms in total. The van der Waals surface area contributed by atoms with E-state index in [4.69, 9.17) is 15.2 Å². The van der Waals surface area contributed by atoms with E-state index < -0.39 is 17.8 Å². The van der Waals surface area contributed by atoms with Gasteiger partial charge in [-0.05, 0) is 30.5 Å². The summed E-state index contributed by atoms with van der Waals surface area (Å²) in [6.07, 6.45) is -0.139. The van der Waals surface area contributed by atoms with E-state index in [1.165, 1.54) is 5.48 Å². The number of esters is 2.